The predicted molar refractivity (Wildman–Crippen MR) is 83.3 cm³/mol. The van der Waals surface area contributed by atoms with Crippen molar-refractivity contribution in [1.82, 2.24) is 9.88 Å². The minimum Gasteiger partial charge on any atom is -0.370 e. The molecule has 108 valence electrons. The molecule has 0 atom stereocenters. The van der Waals surface area contributed by atoms with Gasteiger partial charge in [0.1, 0.15) is 0 Å². The Morgan fingerprint density at radius 2 is 2.19 bits per heavy atom. The molecule has 0 amide bonds. The number of likely N-dealkylation sites (tertiary alicyclic amines) is 1. The van der Waals surface area contributed by atoms with Gasteiger partial charge in [-0.25, -0.2) is 0 Å². The lowest BCUT2D eigenvalue weighted by molar-refractivity contribution is -0.114. The van der Waals surface area contributed by atoms with Crippen LogP contribution in [0.5, 0.6) is 0 Å². The summed E-state index contributed by atoms with van der Waals surface area (Å²) in [6, 6.07) is 1.99. The minimum atomic E-state index is 0.0469. The number of nitrogens with zero attached hydrogens (tertiary/aromatic N) is 2. The Hall–Kier alpha value is -2.08. The number of aromatic nitrogens is 1. The van der Waals surface area contributed by atoms with Gasteiger partial charge in [0, 0.05) is 37.5 Å². The summed E-state index contributed by atoms with van der Waals surface area (Å²) in [7, 11) is 0. The van der Waals surface area contributed by atoms with Gasteiger partial charge in [0.25, 0.3) is 0 Å². The molecule has 1 fully saturated rings. The molecule has 0 aromatic carbocycles. The van der Waals surface area contributed by atoms with Crippen molar-refractivity contribution >= 4 is 11.5 Å². The van der Waals surface area contributed by atoms with Crippen LogP contribution in [0.2, 0.25) is 0 Å². The van der Waals surface area contributed by atoms with E-state index in [1.54, 1.807) is 12.4 Å². The van der Waals surface area contributed by atoms with Crippen molar-refractivity contribution in [2.45, 2.75) is 32.6 Å². The SMILES string of the molecule is C#CC1=C(N2CCC(CC)CC2)c2ccncc2CC1=O. The average Bonchev–Trinajstić information content (AvgIpc) is 2.53. The van der Waals surface area contributed by atoms with Crippen molar-refractivity contribution in [2.75, 3.05) is 13.1 Å². The van der Waals surface area contributed by atoms with E-state index in [4.69, 9.17) is 6.42 Å². The van der Waals surface area contributed by atoms with E-state index in [-0.39, 0.29) is 5.78 Å². The number of hydrogen-bond donors (Lipinski definition) is 0. The summed E-state index contributed by atoms with van der Waals surface area (Å²) in [6.45, 7) is 4.21. The Morgan fingerprint density at radius 3 is 2.86 bits per heavy atom. The minimum absolute atomic E-state index is 0.0469. The standard InChI is InChI=1S/C18H20N2O/c1-3-13-6-9-20(10-7-13)18-15(4-2)17(21)11-14-12-19-8-5-16(14)18/h2,5,8,12-13H,3,6-7,9-11H2,1H3. The number of rotatable bonds is 2. The number of ketones is 1. The Bertz CT molecular complexity index is 631. The van der Waals surface area contributed by atoms with Gasteiger partial charge >= 0.3 is 0 Å². The van der Waals surface area contributed by atoms with Crippen LogP contribution in [-0.4, -0.2) is 28.8 Å². The molecule has 1 saturated heterocycles. The van der Waals surface area contributed by atoms with E-state index in [2.05, 4.69) is 22.7 Å². The summed E-state index contributed by atoms with van der Waals surface area (Å²) >= 11 is 0. The highest BCUT2D eigenvalue weighted by Gasteiger charge is 2.30. The van der Waals surface area contributed by atoms with Crippen LogP contribution >= 0.6 is 0 Å². The molecule has 2 heterocycles. The van der Waals surface area contributed by atoms with E-state index >= 15 is 0 Å². The van der Waals surface area contributed by atoms with Crippen LogP contribution in [0.25, 0.3) is 5.70 Å². The monoisotopic (exact) mass is 280 g/mol. The third-order valence-electron chi connectivity index (χ3n) is 4.68. The molecule has 3 nitrogen and oxygen atoms in total. The smallest absolute Gasteiger partial charge is 0.177 e. The average molecular weight is 280 g/mol. The first-order valence-corrected chi connectivity index (χ1v) is 7.66. The molecule has 21 heavy (non-hydrogen) atoms. The normalized spacial score (nSPS) is 19.4. The second kappa shape index (κ2) is 5.73. The van der Waals surface area contributed by atoms with Crippen molar-refractivity contribution in [3.05, 3.63) is 35.2 Å². The molecule has 0 spiro atoms. The maximum Gasteiger partial charge on any atom is 0.177 e. The Balaban J connectivity index is 2.01. The zero-order valence-electron chi connectivity index (χ0n) is 12.4. The number of pyridine rings is 1. The van der Waals surface area contributed by atoms with E-state index in [9.17, 15) is 4.79 Å². The molecule has 2 aliphatic rings. The highest BCUT2D eigenvalue weighted by atomic mass is 16.1. The van der Waals surface area contributed by atoms with Gasteiger partial charge in [0.2, 0.25) is 0 Å². The number of hydrogen-bond acceptors (Lipinski definition) is 3. The molecule has 1 aromatic rings. The topological polar surface area (TPSA) is 33.2 Å². The summed E-state index contributed by atoms with van der Waals surface area (Å²) in [4.78, 5) is 18.8. The van der Waals surface area contributed by atoms with Crippen molar-refractivity contribution in [2.24, 2.45) is 5.92 Å². The largest absolute Gasteiger partial charge is 0.370 e. The van der Waals surface area contributed by atoms with Crippen LogP contribution in [0.15, 0.2) is 24.0 Å². The fourth-order valence-electron chi connectivity index (χ4n) is 3.37. The number of terminal acetylenes is 1. The second-order valence-corrected chi connectivity index (χ2v) is 5.84. The van der Waals surface area contributed by atoms with Gasteiger partial charge in [-0.15, -0.1) is 6.42 Å². The molecule has 0 radical (unpaired) electrons. The van der Waals surface area contributed by atoms with Gasteiger partial charge in [-0.05, 0) is 30.4 Å². The number of fused-ring (bicyclic) bond motifs is 1. The van der Waals surface area contributed by atoms with Crippen LogP contribution in [0.3, 0.4) is 0 Å². The van der Waals surface area contributed by atoms with E-state index in [1.807, 2.05) is 6.07 Å². The van der Waals surface area contributed by atoms with Crippen molar-refractivity contribution in [1.29, 1.82) is 0 Å². The molecule has 3 heteroatoms. The van der Waals surface area contributed by atoms with Gasteiger partial charge in [-0.1, -0.05) is 19.3 Å². The summed E-state index contributed by atoms with van der Waals surface area (Å²) < 4.78 is 0. The molecule has 3 rings (SSSR count). The third-order valence-corrected chi connectivity index (χ3v) is 4.68. The fourth-order valence-corrected chi connectivity index (χ4v) is 3.37. The van der Waals surface area contributed by atoms with Gasteiger partial charge in [0.05, 0.1) is 11.3 Å². The lowest BCUT2D eigenvalue weighted by Gasteiger charge is -2.37. The Morgan fingerprint density at radius 1 is 1.43 bits per heavy atom. The lowest BCUT2D eigenvalue weighted by Crippen LogP contribution is -2.35. The first kappa shape index (κ1) is 13.9. The first-order valence-electron chi connectivity index (χ1n) is 7.66. The van der Waals surface area contributed by atoms with E-state index in [1.165, 1.54) is 19.3 Å². The van der Waals surface area contributed by atoms with Gasteiger partial charge in [0.15, 0.2) is 5.78 Å². The number of Topliss-reactive ketones (excluding diaryl/α,β-unsaturated/α-hetero) is 1. The number of allylic oxidation sites excluding steroid dienone is 1. The number of carbonyl (C=O) groups is 1. The van der Waals surface area contributed by atoms with Gasteiger partial charge < -0.3 is 4.90 Å². The van der Waals surface area contributed by atoms with E-state index in [0.717, 1.165) is 35.8 Å². The molecule has 1 aromatic heterocycles. The molecule has 0 N–H and O–H groups in total. The molecule has 1 aliphatic carbocycles. The fraction of sp³-hybridized carbons (Fsp3) is 0.444. The van der Waals surface area contributed by atoms with Crippen LogP contribution < -0.4 is 0 Å². The van der Waals surface area contributed by atoms with Crippen LogP contribution in [0.1, 0.15) is 37.3 Å². The Labute approximate surface area is 126 Å². The van der Waals surface area contributed by atoms with Crippen LogP contribution in [-0.2, 0) is 11.2 Å². The summed E-state index contributed by atoms with van der Waals surface area (Å²) in [5.74, 6) is 3.48. The highest BCUT2D eigenvalue weighted by molar-refractivity contribution is 6.10. The highest BCUT2D eigenvalue weighted by Crippen LogP contribution is 2.34. The van der Waals surface area contributed by atoms with Crippen molar-refractivity contribution < 1.29 is 4.79 Å². The maximum atomic E-state index is 12.3. The zero-order valence-corrected chi connectivity index (χ0v) is 12.4. The maximum absolute atomic E-state index is 12.3. The Kier molecular flexibility index (Phi) is 3.79. The van der Waals surface area contributed by atoms with E-state index < -0.39 is 0 Å². The van der Waals surface area contributed by atoms with Crippen LogP contribution in [0.4, 0.5) is 0 Å². The zero-order chi connectivity index (χ0) is 14.8. The third kappa shape index (κ3) is 2.47. The molecule has 0 saturated carbocycles. The van der Waals surface area contributed by atoms with Gasteiger partial charge in [-0.2, -0.15) is 0 Å². The van der Waals surface area contributed by atoms with Crippen LogP contribution in [0, 0.1) is 18.3 Å². The van der Waals surface area contributed by atoms with E-state index in [0.29, 0.717) is 12.0 Å². The second-order valence-electron chi connectivity index (χ2n) is 5.84. The summed E-state index contributed by atoms with van der Waals surface area (Å²) in [5, 5.41) is 0. The molecule has 0 bridgehead atoms. The predicted octanol–water partition coefficient (Wildman–Crippen LogP) is 2.67. The lowest BCUT2D eigenvalue weighted by atomic mass is 9.87. The van der Waals surface area contributed by atoms with Gasteiger partial charge in [-0.3, -0.25) is 9.78 Å². The first-order chi connectivity index (χ1) is 10.2. The van der Waals surface area contributed by atoms with Crippen molar-refractivity contribution in [3.8, 4) is 12.3 Å². The number of carbonyl (C=O) groups excluding carboxylic acids is 1. The molecule has 0 unspecified atom stereocenters. The van der Waals surface area contributed by atoms with Crippen molar-refractivity contribution in [3.63, 3.8) is 0 Å². The molecular formula is C18H20N2O. The molecular weight excluding hydrogens is 260 g/mol. The quantitative estimate of drug-likeness (QED) is 0.781. The number of piperidine rings is 1. The summed E-state index contributed by atoms with van der Waals surface area (Å²) in [6.07, 6.45) is 13.1. The molecule has 1 aliphatic heterocycles. The summed E-state index contributed by atoms with van der Waals surface area (Å²) in [5.41, 5.74) is 3.59.